The van der Waals surface area contributed by atoms with Crippen LogP contribution in [0.25, 0.3) is 11.1 Å². The van der Waals surface area contributed by atoms with Crippen LogP contribution in [0.2, 0.25) is 0 Å². The molecule has 0 saturated heterocycles. The zero-order valence-electron chi connectivity index (χ0n) is 18.1. The molecular formula is C23H30N2O6. The molecule has 2 atom stereocenters. The fraction of sp³-hybridized carbons (Fsp3) is 0.391. The number of carbonyl (C=O) groups is 2. The molecule has 0 aliphatic carbocycles. The second kappa shape index (κ2) is 12.7. The van der Waals surface area contributed by atoms with E-state index in [1.165, 1.54) is 7.11 Å². The van der Waals surface area contributed by atoms with Gasteiger partial charge in [-0.15, -0.1) is 0 Å². The molecule has 2 amide bonds. The monoisotopic (exact) mass is 430 g/mol. The van der Waals surface area contributed by atoms with E-state index in [2.05, 4.69) is 5.32 Å². The van der Waals surface area contributed by atoms with Gasteiger partial charge in [-0.25, -0.2) is 5.48 Å². The van der Waals surface area contributed by atoms with Crippen LogP contribution in [0.15, 0.2) is 48.5 Å². The lowest BCUT2D eigenvalue weighted by atomic mass is 10.0. The highest BCUT2D eigenvalue weighted by molar-refractivity contribution is 5.95. The van der Waals surface area contributed by atoms with Gasteiger partial charge in [0.1, 0.15) is 12.5 Å². The molecule has 2 aromatic carbocycles. The summed E-state index contributed by atoms with van der Waals surface area (Å²) in [7, 11) is 1.50. The molecule has 2 unspecified atom stereocenters. The summed E-state index contributed by atoms with van der Waals surface area (Å²) < 4.78 is 15.8. The summed E-state index contributed by atoms with van der Waals surface area (Å²) in [6, 6.07) is 14.6. The van der Waals surface area contributed by atoms with Gasteiger partial charge in [0.15, 0.2) is 0 Å². The molecule has 8 heteroatoms. The summed E-state index contributed by atoms with van der Waals surface area (Å²) in [6.45, 7) is 4.43. The molecule has 0 fully saturated rings. The van der Waals surface area contributed by atoms with Crippen LogP contribution in [0.4, 0.5) is 0 Å². The first-order valence-electron chi connectivity index (χ1n) is 10.1. The normalized spacial score (nSPS) is 12.6. The Balaban J connectivity index is 2.07. The van der Waals surface area contributed by atoms with Gasteiger partial charge in [0.25, 0.3) is 5.91 Å². The predicted octanol–water partition coefficient (Wildman–Crippen LogP) is 3.00. The molecule has 0 aromatic heterocycles. The van der Waals surface area contributed by atoms with Crippen molar-refractivity contribution in [3.63, 3.8) is 0 Å². The molecule has 0 radical (unpaired) electrons. The number of methoxy groups -OCH3 is 1. The van der Waals surface area contributed by atoms with E-state index in [0.717, 1.165) is 16.9 Å². The van der Waals surface area contributed by atoms with Crippen LogP contribution in [0, 0.1) is 5.92 Å². The standard InChI is InChI=1S/C23H30N2O6/c1-4-31-21-7-5-6-19(13-21)17-8-10-18(11-9-17)23(27)24-20(14-30-15-29-3)12-16(2)22(26)25-28/h5-11,13,16,20,28H,4,12,14-15H2,1-3H3,(H,24,27)(H,25,26). The molecule has 31 heavy (non-hydrogen) atoms. The van der Waals surface area contributed by atoms with Crippen molar-refractivity contribution >= 4 is 11.8 Å². The molecule has 0 bridgehead atoms. The lowest BCUT2D eigenvalue weighted by Crippen LogP contribution is -2.41. The molecule has 0 saturated carbocycles. The number of amides is 2. The quantitative estimate of drug-likeness (QED) is 0.207. The van der Waals surface area contributed by atoms with Crippen LogP contribution in [0.3, 0.4) is 0 Å². The highest BCUT2D eigenvalue weighted by Crippen LogP contribution is 2.24. The molecule has 8 nitrogen and oxygen atoms in total. The fourth-order valence-corrected chi connectivity index (χ4v) is 3.10. The maximum Gasteiger partial charge on any atom is 0.251 e. The second-order valence-corrected chi connectivity index (χ2v) is 7.10. The van der Waals surface area contributed by atoms with Crippen molar-refractivity contribution in [2.45, 2.75) is 26.3 Å². The number of benzene rings is 2. The third-order valence-corrected chi connectivity index (χ3v) is 4.68. The summed E-state index contributed by atoms with van der Waals surface area (Å²) in [5.74, 6) is -0.523. The van der Waals surface area contributed by atoms with Gasteiger partial charge in [-0.1, -0.05) is 31.2 Å². The molecule has 3 N–H and O–H groups in total. The molecular weight excluding hydrogens is 400 g/mol. The average molecular weight is 431 g/mol. The van der Waals surface area contributed by atoms with Gasteiger partial charge in [-0.05, 0) is 48.7 Å². The number of hydrogen-bond donors (Lipinski definition) is 3. The van der Waals surface area contributed by atoms with E-state index in [1.54, 1.807) is 24.5 Å². The second-order valence-electron chi connectivity index (χ2n) is 7.10. The van der Waals surface area contributed by atoms with Gasteiger partial charge >= 0.3 is 0 Å². The maximum atomic E-state index is 12.7. The first-order chi connectivity index (χ1) is 15.0. The Bertz CT molecular complexity index is 840. The zero-order chi connectivity index (χ0) is 22.6. The Morgan fingerprint density at radius 3 is 2.48 bits per heavy atom. The highest BCUT2D eigenvalue weighted by Gasteiger charge is 2.21. The van der Waals surface area contributed by atoms with Gasteiger partial charge in [0, 0.05) is 18.6 Å². The van der Waals surface area contributed by atoms with E-state index in [0.29, 0.717) is 18.6 Å². The molecule has 2 aromatic rings. The van der Waals surface area contributed by atoms with E-state index in [-0.39, 0.29) is 19.3 Å². The minimum Gasteiger partial charge on any atom is -0.494 e. The predicted molar refractivity (Wildman–Crippen MR) is 116 cm³/mol. The summed E-state index contributed by atoms with van der Waals surface area (Å²) in [5, 5.41) is 11.7. The summed E-state index contributed by atoms with van der Waals surface area (Å²) in [5.41, 5.74) is 4.07. The van der Waals surface area contributed by atoms with Crippen molar-refractivity contribution in [1.29, 1.82) is 0 Å². The fourth-order valence-electron chi connectivity index (χ4n) is 3.10. The Kier molecular flexibility index (Phi) is 9.96. The Morgan fingerprint density at radius 1 is 1.10 bits per heavy atom. The van der Waals surface area contributed by atoms with Gasteiger partial charge in [0.05, 0.1) is 19.3 Å². The molecule has 0 heterocycles. The average Bonchev–Trinajstić information content (AvgIpc) is 2.79. The van der Waals surface area contributed by atoms with Gasteiger partial charge in [-0.3, -0.25) is 14.8 Å². The van der Waals surface area contributed by atoms with Crippen molar-refractivity contribution in [3.8, 4) is 16.9 Å². The number of rotatable bonds is 12. The first-order valence-corrected chi connectivity index (χ1v) is 10.1. The van der Waals surface area contributed by atoms with Crippen LogP contribution in [0.5, 0.6) is 5.75 Å². The smallest absolute Gasteiger partial charge is 0.251 e. The number of hydrogen-bond acceptors (Lipinski definition) is 6. The Hall–Kier alpha value is -2.94. The number of hydroxylamine groups is 1. The largest absolute Gasteiger partial charge is 0.494 e. The Labute approximate surface area is 182 Å². The third kappa shape index (κ3) is 7.67. The first kappa shape index (κ1) is 24.3. The van der Waals surface area contributed by atoms with E-state index in [4.69, 9.17) is 19.4 Å². The van der Waals surface area contributed by atoms with Crippen LogP contribution >= 0.6 is 0 Å². The molecule has 0 aliphatic rings. The van der Waals surface area contributed by atoms with Crippen LogP contribution in [-0.4, -0.2) is 50.2 Å². The van der Waals surface area contributed by atoms with Crippen LogP contribution < -0.4 is 15.5 Å². The lowest BCUT2D eigenvalue weighted by Gasteiger charge is -2.21. The minimum atomic E-state index is -0.523. The number of ether oxygens (including phenoxy) is 3. The third-order valence-electron chi connectivity index (χ3n) is 4.68. The van der Waals surface area contributed by atoms with Crippen LogP contribution in [0.1, 0.15) is 30.6 Å². The van der Waals surface area contributed by atoms with Gasteiger partial charge < -0.3 is 19.5 Å². The topological polar surface area (TPSA) is 106 Å². The zero-order valence-corrected chi connectivity index (χ0v) is 18.1. The highest BCUT2D eigenvalue weighted by atomic mass is 16.7. The van der Waals surface area contributed by atoms with Crippen molar-refractivity contribution in [1.82, 2.24) is 10.8 Å². The molecule has 168 valence electrons. The van der Waals surface area contributed by atoms with E-state index in [1.807, 2.05) is 43.3 Å². The molecule has 2 rings (SSSR count). The van der Waals surface area contributed by atoms with Crippen LogP contribution in [-0.2, 0) is 14.3 Å². The summed E-state index contributed by atoms with van der Waals surface area (Å²) in [4.78, 5) is 24.3. The van der Waals surface area contributed by atoms with E-state index < -0.39 is 17.9 Å². The number of carbonyl (C=O) groups excluding carboxylic acids is 2. The summed E-state index contributed by atoms with van der Waals surface area (Å²) in [6.07, 6.45) is 0.296. The Morgan fingerprint density at radius 2 is 1.84 bits per heavy atom. The van der Waals surface area contributed by atoms with Gasteiger partial charge in [0.2, 0.25) is 5.91 Å². The van der Waals surface area contributed by atoms with Crippen molar-refractivity contribution in [3.05, 3.63) is 54.1 Å². The van der Waals surface area contributed by atoms with Crippen molar-refractivity contribution in [2.24, 2.45) is 5.92 Å². The lowest BCUT2D eigenvalue weighted by molar-refractivity contribution is -0.133. The van der Waals surface area contributed by atoms with Gasteiger partial charge in [-0.2, -0.15) is 0 Å². The van der Waals surface area contributed by atoms with Crippen molar-refractivity contribution < 1.29 is 29.0 Å². The minimum absolute atomic E-state index is 0.0719. The SMILES string of the molecule is CCOc1cccc(-c2ccc(C(=O)NC(COCOC)CC(C)C(=O)NO)cc2)c1. The molecule has 0 aliphatic heterocycles. The van der Waals surface area contributed by atoms with E-state index >= 15 is 0 Å². The van der Waals surface area contributed by atoms with E-state index in [9.17, 15) is 9.59 Å². The van der Waals surface area contributed by atoms with Crippen molar-refractivity contribution in [2.75, 3.05) is 27.1 Å². The number of nitrogens with one attached hydrogen (secondary N) is 2. The summed E-state index contributed by atoms with van der Waals surface area (Å²) >= 11 is 0. The molecule has 0 spiro atoms. The maximum absolute atomic E-state index is 12.7.